The summed E-state index contributed by atoms with van der Waals surface area (Å²) in [6, 6.07) is -1.07. The van der Waals surface area contributed by atoms with E-state index in [1.807, 2.05) is 0 Å². The maximum absolute atomic E-state index is 11.9. The number of hydrogen-bond acceptors (Lipinski definition) is 5. The topological polar surface area (TPSA) is 109 Å². The molecule has 1 fully saturated rings. The number of sulfonamides is 1. The van der Waals surface area contributed by atoms with Crippen LogP contribution in [0.5, 0.6) is 0 Å². The van der Waals surface area contributed by atoms with Crippen molar-refractivity contribution in [2.75, 3.05) is 24.3 Å². The van der Waals surface area contributed by atoms with Crippen LogP contribution in [0.15, 0.2) is 0 Å². The van der Waals surface area contributed by atoms with Gasteiger partial charge in [0.1, 0.15) is 15.9 Å². The van der Waals surface area contributed by atoms with E-state index in [1.165, 1.54) is 0 Å². The fourth-order valence-corrected chi connectivity index (χ4v) is 5.14. The van der Waals surface area contributed by atoms with E-state index in [0.717, 1.165) is 10.6 Å². The van der Waals surface area contributed by atoms with Crippen LogP contribution in [0.2, 0.25) is 0 Å². The number of sulfone groups is 1. The molecule has 9 heteroatoms. The Morgan fingerprint density at radius 2 is 1.83 bits per heavy atom. The summed E-state index contributed by atoms with van der Waals surface area (Å²) < 4.78 is 46.8. The molecular weight excluding hydrogens is 282 g/mol. The van der Waals surface area contributed by atoms with E-state index in [2.05, 4.69) is 0 Å². The van der Waals surface area contributed by atoms with Crippen LogP contribution >= 0.6 is 0 Å². The molecule has 18 heavy (non-hydrogen) atoms. The van der Waals surface area contributed by atoms with Gasteiger partial charge in [0.15, 0.2) is 0 Å². The van der Waals surface area contributed by atoms with Crippen molar-refractivity contribution in [2.24, 2.45) is 0 Å². The number of piperidine rings is 1. The third kappa shape index (κ3) is 4.21. The SMILES string of the molecule is CS(=O)(=O)CCS(=O)(=O)N1CCCCC1C(=O)O. The number of aliphatic carboxylic acids is 1. The lowest BCUT2D eigenvalue weighted by atomic mass is 10.1. The third-order valence-electron chi connectivity index (χ3n) is 2.81. The van der Waals surface area contributed by atoms with E-state index in [-0.39, 0.29) is 13.0 Å². The van der Waals surface area contributed by atoms with E-state index in [1.54, 1.807) is 0 Å². The van der Waals surface area contributed by atoms with E-state index in [4.69, 9.17) is 5.11 Å². The molecule has 1 saturated heterocycles. The Bertz CT molecular complexity index is 509. The normalized spacial score (nSPS) is 22.8. The van der Waals surface area contributed by atoms with Gasteiger partial charge in [0.2, 0.25) is 10.0 Å². The zero-order valence-electron chi connectivity index (χ0n) is 10.1. The molecule has 1 rings (SSSR count). The summed E-state index contributed by atoms with van der Waals surface area (Å²) in [6.07, 6.45) is 2.48. The van der Waals surface area contributed by atoms with Crippen LogP contribution in [0.25, 0.3) is 0 Å². The van der Waals surface area contributed by atoms with Crippen molar-refractivity contribution in [3.05, 3.63) is 0 Å². The number of carboxylic acids is 1. The highest BCUT2D eigenvalue weighted by Gasteiger charge is 2.36. The highest BCUT2D eigenvalue weighted by molar-refractivity contribution is 7.93. The van der Waals surface area contributed by atoms with Gasteiger partial charge in [-0.25, -0.2) is 16.8 Å². The first-order valence-electron chi connectivity index (χ1n) is 5.53. The largest absolute Gasteiger partial charge is 0.480 e. The maximum Gasteiger partial charge on any atom is 0.322 e. The van der Waals surface area contributed by atoms with E-state index < -0.39 is 43.4 Å². The van der Waals surface area contributed by atoms with Gasteiger partial charge in [0.05, 0.1) is 11.5 Å². The Kier molecular flexibility index (Phi) is 4.73. The molecule has 106 valence electrons. The van der Waals surface area contributed by atoms with Crippen LogP contribution in [0.3, 0.4) is 0 Å². The van der Waals surface area contributed by atoms with Crippen LogP contribution in [-0.4, -0.2) is 62.6 Å². The second kappa shape index (κ2) is 5.54. The first-order chi connectivity index (χ1) is 8.13. The van der Waals surface area contributed by atoms with Gasteiger partial charge in [-0.2, -0.15) is 4.31 Å². The molecule has 1 N–H and O–H groups in total. The predicted molar refractivity (Wildman–Crippen MR) is 65.5 cm³/mol. The van der Waals surface area contributed by atoms with Crippen molar-refractivity contribution in [1.29, 1.82) is 0 Å². The standard InChI is InChI=1S/C9H17NO6S2/c1-17(13,14)6-7-18(15,16)10-5-3-2-4-8(10)9(11)12/h8H,2-7H2,1H3,(H,11,12). The minimum Gasteiger partial charge on any atom is -0.480 e. The molecule has 0 spiro atoms. The summed E-state index contributed by atoms with van der Waals surface area (Å²) in [5.41, 5.74) is 0. The van der Waals surface area contributed by atoms with Crippen molar-refractivity contribution < 1.29 is 26.7 Å². The lowest BCUT2D eigenvalue weighted by Gasteiger charge is -2.31. The van der Waals surface area contributed by atoms with Gasteiger partial charge >= 0.3 is 5.97 Å². The summed E-state index contributed by atoms with van der Waals surface area (Å²) in [7, 11) is -7.22. The molecule has 1 heterocycles. The maximum atomic E-state index is 11.9. The molecule has 0 aliphatic carbocycles. The van der Waals surface area contributed by atoms with Crippen molar-refractivity contribution in [2.45, 2.75) is 25.3 Å². The Hall–Kier alpha value is -0.670. The van der Waals surface area contributed by atoms with Gasteiger partial charge in [0.25, 0.3) is 0 Å². The van der Waals surface area contributed by atoms with Crippen molar-refractivity contribution in [3.8, 4) is 0 Å². The average Bonchev–Trinajstić information content (AvgIpc) is 2.26. The highest BCUT2D eigenvalue weighted by atomic mass is 32.2. The van der Waals surface area contributed by atoms with Crippen LogP contribution in [-0.2, 0) is 24.7 Å². The zero-order chi connectivity index (χ0) is 14.0. The second-order valence-corrected chi connectivity index (χ2v) is 8.71. The fourth-order valence-electron chi connectivity index (χ4n) is 1.86. The molecule has 1 aliphatic rings. The lowest BCUT2D eigenvalue weighted by molar-refractivity contribution is -0.142. The molecular formula is C9H17NO6S2. The Morgan fingerprint density at radius 1 is 1.22 bits per heavy atom. The number of rotatable bonds is 5. The fraction of sp³-hybridized carbons (Fsp3) is 0.889. The molecule has 0 bridgehead atoms. The highest BCUT2D eigenvalue weighted by Crippen LogP contribution is 2.21. The molecule has 0 saturated carbocycles. The minimum atomic E-state index is -3.84. The molecule has 0 radical (unpaired) electrons. The number of hydrogen-bond donors (Lipinski definition) is 1. The number of carboxylic acid groups (broad SMARTS) is 1. The Labute approximate surface area is 107 Å². The summed E-state index contributed by atoms with van der Waals surface area (Å²) in [5.74, 6) is -2.23. The summed E-state index contributed by atoms with van der Waals surface area (Å²) in [5, 5.41) is 8.98. The van der Waals surface area contributed by atoms with Crippen LogP contribution < -0.4 is 0 Å². The van der Waals surface area contributed by atoms with Gasteiger partial charge in [-0.1, -0.05) is 0 Å². The van der Waals surface area contributed by atoms with Crippen LogP contribution in [0.4, 0.5) is 0 Å². The summed E-state index contributed by atoms with van der Waals surface area (Å²) in [4.78, 5) is 11.0. The third-order valence-corrected chi connectivity index (χ3v) is 5.88. The van der Waals surface area contributed by atoms with E-state index in [0.29, 0.717) is 12.8 Å². The first-order valence-corrected chi connectivity index (χ1v) is 9.20. The Balaban J connectivity index is 2.85. The van der Waals surface area contributed by atoms with E-state index >= 15 is 0 Å². The molecule has 1 aliphatic heterocycles. The van der Waals surface area contributed by atoms with Crippen LogP contribution in [0, 0.1) is 0 Å². The molecule has 0 aromatic rings. The molecule has 0 aromatic carbocycles. The van der Waals surface area contributed by atoms with Gasteiger partial charge in [0, 0.05) is 12.8 Å². The smallest absolute Gasteiger partial charge is 0.322 e. The van der Waals surface area contributed by atoms with Crippen molar-refractivity contribution >= 4 is 25.8 Å². The zero-order valence-corrected chi connectivity index (χ0v) is 11.7. The van der Waals surface area contributed by atoms with Crippen molar-refractivity contribution in [3.63, 3.8) is 0 Å². The molecule has 7 nitrogen and oxygen atoms in total. The summed E-state index contributed by atoms with van der Waals surface area (Å²) >= 11 is 0. The molecule has 1 unspecified atom stereocenters. The van der Waals surface area contributed by atoms with Gasteiger partial charge < -0.3 is 5.11 Å². The summed E-state index contributed by atoms with van der Waals surface area (Å²) in [6.45, 7) is 0.142. The second-order valence-electron chi connectivity index (χ2n) is 4.41. The van der Waals surface area contributed by atoms with Gasteiger partial charge in [-0.3, -0.25) is 4.79 Å². The van der Waals surface area contributed by atoms with Gasteiger partial charge in [-0.05, 0) is 19.3 Å². The minimum absolute atomic E-state index is 0.142. The van der Waals surface area contributed by atoms with Crippen LogP contribution in [0.1, 0.15) is 19.3 Å². The quantitative estimate of drug-likeness (QED) is 0.719. The molecule has 0 aromatic heterocycles. The predicted octanol–water partition coefficient (Wildman–Crippen LogP) is -0.700. The lowest BCUT2D eigenvalue weighted by Crippen LogP contribution is -2.49. The number of nitrogens with zero attached hydrogens (tertiary/aromatic N) is 1. The average molecular weight is 299 g/mol. The molecule has 0 amide bonds. The monoisotopic (exact) mass is 299 g/mol. The van der Waals surface area contributed by atoms with Gasteiger partial charge in [-0.15, -0.1) is 0 Å². The first kappa shape index (κ1) is 15.4. The number of carbonyl (C=O) groups is 1. The van der Waals surface area contributed by atoms with E-state index in [9.17, 15) is 21.6 Å². The Morgan fingerprint density at radius 3 is 2.33 bits per heavy atom. The van der Waals surface area contributed by atoms with Crippen molar-refractivity contribution in [1.82, 2.24) is 4.31 Å². The molecule has 1 atom stereocenters.